The normalized spacial score (nSPS) is 14.1. The van der Waals surface area contributed by atoms with Gasteiger partial charge in [0.25, 0.3) is 5.91 Å². The van der Waals surface area contributed by atoms with Crippen molar-refractivity contribution < 1.29 is 9.53 Å². The van der Waals surface area contributed by atoms with E-state index in [0.717, 1.165) is 39.8 Å². The summed E-state index contributed by atoms with van der Waals surface area (Å²) in [7, 11) is 0. The summed E-state index contributed by atoms with van der Waals surface area (Å²) < 4.78 is 5.62. The van der Waals surface area contributed by atoms with Crippen LogP contribution in [-0.2, 0) is 6.54 Å². The Balaban J connectivity index is 1.77. The first-order chi connectivity index (χ1) is 9.72. The highest BCUT2D eigenvalue weighted by atomic mass is 32.1. The van der Waals surface area contributed by atoms with Crippen LogP contribution in [0.4, 0.5) is 5.69 Å². The topological polar surface area (TPSA) is 50.4 Å². The molecule has 5 heteroatoms. The van der Waals surface area contributed by atoms with E-state index in [1.807, 2.05) is 37.3 Å². The second kappa shape index (κ2) is 5.64. The molecule has 0 saturated carbocycles. The van der Waals surface area contributed by atoms with Gasteiger partial charge >= 0.3 is 0 Å². The molecule has 1 aromatic carbocycles. The second-order valence-electron chi connectivity index (χ2n) is 4.71. The first kappa shape index (κ1) is 13.1. The summed E-state index contributed by atoms with van der Waals surface area (Å²) in [5.41, 5.74) is 1.87. The fourth-order valence-corrected chi connectivity index (χ4v) is 2.90. The van der Waals surface area contributed by atoms with Crippen molar-refractivity contribution in [1.29, 1.82) is 0 Å². The quantitative estimate of drug-likeness (QED) is 0.893. The Hall–Kier alpha value is -1.85. The van der Waals surface area contributed by atoms with Gasteiger partial charge in [0.15, 0.2) is 0 Å². The third kappa shape index (κ3) is 2.84. The number of benzene rings is 1. The lowest BCUT2D eigenvalue weighted by molar-refractivity contribution is 0.103. The Labute approximate surface area is 121 Å². The third-order valence-electron chi connectivity index (χ3n) is 3.13. The van der Waals surface area contributed by atoms with E-state index in [9.17, 15) is 4.79 Å². The van der Waals surface area contributed by atoms with Gasteiger partial charge in [-0.15, -0.1) is 11.3 Å². The van der Waals surface area contributed by atoms with Crippen LogP contribution >= 0.6 is 11.3 Å². The van der Waals surface area contributed by atoms with Gasteiger partial charge in [0, 0.05) is 29.2 Å². The van der Waals surface area contributed by atoms with Crippen molar-refractivity contribution in [3.8, 4) is 5.75 Å². The molecular formula is C15H16N2O2S. The van der Waals surface area contributed by atoms with Gasteiger partial charge in [-0.25, -0.2) is 0 Å². The summed E-state index contributed by atoms with van der Waals surface area (Å²) in [5, 5.41) is 6.21. The van der Waals surface area contributed by atoms with Crippen LogP contribution in [0, 0.1) is 6.92 Å². The highest BCUT2D eigenvalue weighted by molar-refractivity contribution is 7.14. The number of rotatable bonds is 2. The lowest BCUT2D eigenvalue weighted by atomic mass is 10.1. The maximum Gasteiger partial charge on any atom is 0.265 e. The molecule has 0 unspecified atom stereocenters. The number of thiophene rings is 1. The summed E-state index contributed by atoms with van der Waals surface area (Å²) in [6, 6.07) is 9.56. The number of fused-ring (bicyclic) bond motifs is 1. The Kier molecular flexibility index (Phi) is 3.71. The molecule has 0 aliphatic carbocycles. The first-order valence-corrected chi connectivity index (χ1v) is 7.38. The molecule has 0 radical (unpaired) electrons. The molecule has 0 saturated heterocycles. The molecule has 2 N–H and O–H groups in total. The van der Waals surface area contributed by atoms with E-state index in [-0.39, 0.29) is 5.91 Å². The molecule has 1 aliphatic heterocycles. The molecule has 4 nitrogen and oxygen atoms in total. The second-order valence-corrected chi connectivity index (χ2v) is 6.00. The first-order valence-electron chi connectivity index (χ1n) is 6.56. The SMILES string of the molecule is Cc1ccc(C(=O)Nc2ccc3c(c2)CNCCO3)s1. The molecule has 1 aliphatic rings. The van der Waals surface area contributed by atoms with Gasteiger partial charge in [0.2, 0.25) is 0 Å². The number of nitrogens with one attached hydrogen (secondary N) is 2. The molecule has 2 aromatic rings. The summed E-state index contributed by atoms with van der Waals surface area (Å²) in [4.78, 5) is 14.0. The lowest BCUT2D eigenvalue weighted by Gasteiger charge is -2.09. The van der Waals surface area contributed by atoms with E-state index in [2.05, 4.69) is 10.6 Å². The van der Waals surface area contributed by atoms with Crippen LogP contribution in [0.3, 0.4) is 0 Å². The molecular weight excluding hydrogens is 272 g/mol. The zero-order chi connectivity index (χ0) is 13.9. The Morgan fingerprint density at radius 1 is 1.35 bits per heavy atom. The highest BCUT2D eigenvalue weighted by Gasteiger charge is 2.12. The Morgan fingerprint density at radius 2 is 2.25 bits per heavy atom. The van der Waals surface area contributed by atoms with E-state index in [1.54, 1.807) is 0 Å². The van der Waals surface area contributed by atoms with Gasteiger partial charge in [-0.1, -0.05) is 0 Å². The van der Waals surface area contributed by atoms with Crippen molar-refractivity contribution in [2.45, 2.75) is 13.5 Å². The Bertz CT molecular complexity index is 637. The fourth-order valence-electron chi connectivity index (χ4n) is 2.14. The van der Waals surface area contributed by atoms with Crippen molar-refractivity contribution in [3.63, 3.8) is 0 Å². The van der Waals surface area contributed by atoms with Crippen LogP contribution in [0.5, 0.6) is 5.75 Å². The van der Waals surface area contributed by atoms with E-state index < -0.39 is 0 Å². The third-order valence-corrected chi connectivity index (χ3v) is 4.13. The largest absolute Gasteiger partial charge is 0.492 e. The van der Waals surface area contributed by atoms with Crippen molar-refractivity contribution in [1.82, 2.24) is 5.32 Å². The van der Waals surface area contributed by atoms with Crippen molar-refractivity contribution >= 4 is 22.9 Å². The summed E-state index contributed by atoms with van der Waals surface area (Å²) in [6.45, 7) is 4.27. The zero-order valence-corrected chi connectivity index (χ0v) is 12.0. The van der Waals surface area contributed by atoms with Crippen molar-refractivity contribution in [2.24, 2.45) is 0 Å². The van der Waals surface area contributed by atoms with Gasteiger partial charge in [-0.2, -0.15) is 0 Å². The predicted octanol–water partition coefficient (Wildman–Crippen LogP) is 2.79. The van der Waals surface area contributed by atoms with Crippen LogP contribution < -0.4 is 15.4 Å². The summed E-state index contributed by atoms with van der Waals surface area (Å²) >= 11 is 1.50. The van der Waals surface area contributed by atoms with Crippen LogP contribution in [0.1, 0.15) is 20.1 Å². The molecule has 20 heavy (non-hydrogen) atoms. The molecule has 1 aromatic heterocycles. The van der Waals surface area contributed by atoms with Gasteiger partial charge in [0.1, 0.15) is 12.4 Å². The Morgan fingerprint density at radius 3 is 3.05 bits per heavy atom. The van der Waals surface area contributed by atoms with E-state index in [4.69, 9.17) is 4.74 Å². The van der Waals surface area contributed by atoms with Crippen LogP contribution in [-0.4, -0.2) is 19.1 Å². The number of ether oxygens (including phenoxy) is 1. The lowest BCUT2D eigenvalue weighted by Crippen LogP contribution is -2.16. The smallest absolute Gasteiger partial charge is 0.265 e. The number of hydrogen-bond donors (Lipinski definition) is 2. The van der Waals surface area contributed by atoms with Gasteiger partial charge in [0.05, 0.1) is 4.88 Å². The fraction of sp³-hybridized carbons (Fsp3) is 0.267. The minimum absolute atomic E-state index is 0.0643. The monoisotopic (exact) mass is 288 g/mol. The van der Waals surface area contributed by atoms with Crippen molar-refractivity contribution in [3.05, 3.63) is 45.6 Å². The van der Waals surface area contributed by atoms with E-state index >= 15 is 0 Å². The minimum Gasteiger partial charge on any atom is -0.492 e. The van der Waals surface area contributed by atoms with Crippen LogP contribution in [0.15, 0.2) is 30.3 Å². The van der Waals surface area contributed by atoms with E-state index in [1.165, 1.54) is 11.3 Å². The molecule has 3 rings (SSSR count). The minimum atomic E-state index is -0.0643. The molecule has 104 valence electrons. The number of aryl methyl sites for hydroxylation is 1. The molecule has 2 heterocycles. The average molecular weight is 288 g/mol. The van der Waals surface area contributed by atoms with Gasteiger partial charge in [-0.3, -0.25) is 4.79 Å². The van der Waals surface area contributed by atoms with E-state index in [0.29, 0.717) is 6.61 Å². The molecule has 0 spiro atoms. The van der Waals surface area contributed by atoms with Gasteiger partial charge in [-0.05, 0) is 37.3 Å². The maximum absolute atomic E-state index is 12.1. The van der Waals surface area contributed by atoms with Crippen LogP contribution in [0.2, 0.25) is 0 Å². The number of amides is 1. The number of anilines is 1. The number of carbonyl (C=O) groups excluding carboxylic acids is 1. The zero-order valence-electron chi connectivity index (χ0n) is 11.2. The summed E-state index contributed by atoms with van der Waals surface area (Å²) in [5.74, 6) is 0.825. The predicted molar refractivity (Wildman–Crippen MR) is 80.7 cm³/mol. The number of carbonyl (C=O) groups is 1. The number of hydrogen-bond acceptors (Lipinski definition) is 4. The summed E-state index contributed by atoms with van der Waals surface area (Å²) in [6.07, 6.45) is 0. The van der Waals surface area contributed by atoms with Gasteiger partial charge < -0.3 is 15.4 Å². The maximum atomic E-state index is 12.1. The molecule has 1 amide bonds. The van der Waals surface area contributed by atoms with Crippen LogP contribution in [0.25, 0.3) is 0 Å². The molecule has 0 atom stereocenters. The van der Waals surface area contributed by atoms with Crippen molar-refractivity contribution in [2.75, 3.05) is 18.5 Å². The molecule has 0 fully saturated rings. The standard InChI is InChI=1S/C15H16N2O2S/c1-10-2-5-14(20-10)15(18)17-12-3-4-13-11(8-12)9-16-6-7-19-13/h2-5,8,16H,6-7,9H2,1H3,(H,17,18). The average Bonchev–Trinajstić information content (AvgIpc) is 2.74. The highest BCUT2D eigenvalue weighted by Crippen LogP contribution is 2.25. The molecule has 0 bridgehead atoms.